The van der Waals surface area contributed by atoms with Crippen molar-refractivity contribution < 1.29 is 14.3 Å². The number of cyclic esters (lactones) is 1. The first kappa shape index (κ1) is 18.3. The van der Waals surface area contributed by atoms with E-state index in [4.69, 9.17) is 9.72 Å². The first-order valence-corrected chi connectivity index (χ1v) is 9.97. The molecule has 146 valence electrons. The van der Waals surface area contributed by atoms with Crippen LogP contribution in [0.3, 0.4) is 0 Å². The number of nitrogens with one attached hydrogen (secondary N) is 1. The van der Waals surface area contributed by atoms with Gasteiger partial charge < -0.3 is 15.0 Å². The average molecular weight is 372 g/mol. The van der Waals surface area contributed by atoms with E-state index < -0.39 is 5.60 Å². The van der Waals surface area contributed by atoms with E-state index in [0.29, 0.717) is 25.4 Å². The van der Waals surface area contributed by atoms with Gasteiger partial charge in [-0.15, -0.1) is 0 Å². The molecule has 3 aliphatic rings. The summed E-state index contributed by atoms with van der Waals surface area (Å²) in [6.07, 6.45) is 5.54. The van der Waals surface area contributed by atoms with Crippen molar-refractivity contribution >= 4 is 11.9 Å². The van der Waals surface area contributed by atoms with Gasteiger partial charge in [0.25, 0.3) is 0 Å². The zero-order valence-electron chi connectivity index (χ0n) is 16.2. The Kier molecular flexibility index (Phi) is 4.88. The van der Waals surface area contributed by atoms with Crippen LogP contribution in [0.25, 0.3) is 0 Å². The molecule has 3 aliphatic heterocycles. The van der Waals surface area contributed by atoms with Crippen molar-refractivity contribution in [1.29, 1.82) is 0 Å². The van der Waals surface area contributed by atoms with Gasteiger partial charge in [-0.25, -0.2) is 9.97 Å². The number of carbonyl (C=O) groups is 2. The fourth-order valence-electron chi connectivity index (χ4n) is 4.40. The molecule has 0 aliphatic carbocycles. The highest BCUT2D eigenvalue weighted by Crippen LogP contribution is 2.33. The number of esters is 1. The van der Waals surface area contributed by atoms with Crippen LogP contribution in [-0.4, -0.2) is 52.0 Å². The van der Waals surface area contributed by atoms with Gasteiger partial charge in [-0.2, -0.15) is 0 Å². The van der Waals surface area contributed by atoms with Gasteiger partial charge >= 0.3 is 5.97 Å². The van der Waals surface area contributed by atoms with Gasteiger partial charge in [-0.3, -0.25) is 9.59 Å². The number of hydrogen-bond acceptors (Lipinski definition) is 6. The minimum absolute atomic E-state index is 0.0607. The quantitative estimate of drug-likeness (QED) is 0.811. The fourth-order valence-corrected chi connectivity index (χ4v) is 4.40. The molecule has 7 heteroatoms. The van der Waals surface area contributed by atoms with Crippen LogP contribution < -0.4 is 5.32 Å². The maximum absolute atomic E-state index is 12.6. The van der Waals surface area contributed by atoms with Gasteiger partial charge in [0, 0.05) is 68.8 Å². The highest BCUT2D eigenvalue weighted by atomic mass is 16.6. The van der Waals surface area contributed by atoms with Crippen molar-refractivity contribution in [2.24, 2.45) is 5.92 Å². The normalized spacial score (nSPS) is 25.2. The maximum Gasteiger partial charge on any atom is 0.310 e. The minimum atomic E-state index is -0.450. The third kappa shape index (κ3) is 3.98. The summed E-state index contributed by atoms with van der Waals surface area (Å²) in [4.78, 5) is 35.8. The van der Waals surface area contributed by atoms with Crippen LogP contribution in [0.4, 0.5) is 0 Å². The first-order chi connectivity index (χ1) is 12.9. The maximum atomic E-state index is 12.6. The lowest BCUT2D eigenvalue weighted by Crippen LogP contribution is -2.39. The molecule has 4 rings (SSSR count). The van der Waals surface area contributed by atoms with Gasteiger partial charge in [0.2, 0.25) is 5.91 Å². The van der Waals surface area contributed by atoms with Crippen molar-refractivity contribution in [1.82, 2.24) is 20.2 Å². The highest BCUT2D eigenvalue weighted by Gasteiger charge is 2.41. The Morgan fingerprint density at radius 1 is 1.37 bits per heavy atom. The lowest BCUT2D eigenvalue weighted by atomic mass is 9.92. The van der Waals surface area contributed by atoms with Gasteiger partial charge in [-0.1, -0.05) is 0 Å². The van der Waals surface area contributed by atoms with Gasteiger partial charge in [0.05, 0.1) is 5.92 Å². The van der Waals surface area contributed by atoms with E-state index in [0.717, 1.165) is 38.2 Å². The molecule has 0 radical (unpaired) electrons. The first-order valence-electron chi connectivity index (χ1n) is 9.97. The van der Waals surface area contributed by atoms with Crippen molar-refractivity contribution in [3.05, 3.63) is 23.3 Å². The van der Waals surface area contributed by atoms with E-state index in [2.05, 4.69) is 10.3 Å². The molecule has 27 heavy (non-hydrogen) atoms. The molecular formula is C20H28N4O3. The van der Waals surface area contributed by atoms with Crippen molar-refractivity contribution in [2.75, 3.05) is 19.6 Å². The number of ether oxygens (including phenoxy) is 1. The number of amides is 1. The number of carbonyl (C=O) groups excluding carboxylic acids is 2. The molecule has 1 N–H and O–H groups in total. The number of hydrogen-bond donors (Lipinski definition) is 1. The smallest absolute Gasteiger partial charge is 0.310 e. The Morgan fingerprint density at radius 3 is 2.85 bits per heavy atom. The predicted molar refractivity (Wildman–Crippen MR) is 98.9 cm³/mol. The van der Waals surface area contributed by atoms with E-state index in [1.54, 1.807) is 0 Å². The Morgan fingerprint density at radius 2 is 2.15 bits per heavy atom. The summed E-state index contributed by atoms with van der Waals surface area (Å²) in [6.45, 7) is 7.03. The lowest BCUT2D eigenvalue weighted by Gasteiger charge is -2.32. The fraction of sp³-hybridized carbons (Fsp3) is 0.700. The van der Waals surface area contributed by atoms with Crippen molar-refractivity contribution in [3.63, 3.8) is 0 Å². The molecule has 1 amide bonds. The predicted octanol–water partition coefficient (Wildman–Crippen LogP) is 1.56. The second-order valence-corrected chi connectivity index (χ2v) is 8.57. The summed E-state index contributed by atoms with van der Waals surface area (Å²) in [6, 6.07) is 0. The molecule has 0 saturated carbocycles. The van der Waals surface area contributed by atoms with E-state index in [-0.39, 0.29) is 24.2 Å². The van der Waals surface area contributed by atoms with Crippen LogP contribution in [0.1, 0.15) is 62.5 Å². The second kappa shape index (κ2) is 7.19. The molecule has 4 heterocycles. The molecule has 1 atom stereocenters. The molecule has 1 aromatic heterocycles. The zero-order chi connectivity index (χ0) is 19.0. The van der Waals surface area contributed by atoms with Gasteiger partial charge in [-0.05, 0) is 26.7 Å². The SMILES string of the molecule is CC1(C)CC(CC(=O)N2CCC(c3ncc4c(n3)CCNC4)CC2)C(=O)O1. The van der Waals surface area contributed by atoms with Crippen molar-refractivity contribution in [3.8, 4) is 0 Å². The van der Waals surface area contributed by atoms with E-state index in [1.165, 1.54) is 11.3 Å². The molecule has 7 nitrogen and oxygen atoms in total. The van der Waals surface area contributed by atoms with Gasteiger partial charge in [0.15, 0.2) is 0 Å². The van der Waals surface area contributed by atoms with Crippen LogP contribution in [0, 0.1) is 5.92 Å². The van der Waals surface area contributed by atoms with Crippen LogP contribution in [0.2, 0.25) is 0 Å². The van der Waals surface area contributed by atoms with E-state index >= 15 is 0 Å². The lowest BCUT2D eigenvalue weighted by molar-refractivity contribution is -0.150. The number of likely N-dealkylation sites (tertiary alicyclic amines) is 1. The van der Waals surface area contributed by atoms with Crippen LogP contribution in [0.15, 0.2) is 6.20 Å². The number of rotatable bonds is 3. The summed E-state index contributed by atoms with van der Waals surface area (Å²) in [5.41, 5.74) is 1.91. The van der Waals surface area contributed by atoms with E-state index in [9.17, 15) is 9.59 Å². The second-order valence-electron chi connectivity index (χ2n) is 8.57. The largest absolute Gasteiger partial charge is 0.459 e. The summed E-state index contributed by atoms with van der Waals surface area (Å²) in [5, 5.41) is 3.34. The van der Waals surface area contributed by atoms with E-state index in [1.807, 2.05) is 24.9 Å². The number of nitrogens with zero attached hydrogens (tertiary/aromatic N) is 3. The van der Waals surface area contributed by atoms with Crippen LogP contribution in [-0.2, 0) is 27.3 Å². The van der Waals surface area contributed by atoms with Crippen molar-refractivity contribution in [2.45, 2.75) is 64.0 Å². The number of piperidine rings is 1. The summed E-state index contributed by atoms with van der Waals surface area (Å²) >= 11 is 0. The molecule has 2 saturated heterocycles. The third-order valence-electron chi connectivity index (χ3n) is 5.91. The topological polar surface area (TPSA) is 84.4 Å². The molecule has 1 aromatic rings. The Labute approximate surface area is 159 Å². The van der Waals surface area contributed by atoms with Crippen LogP contribution >= 0.6 is 0 Å². The summed E-state index contributed by atoms with van der Waals surface area (Å²) in [7, 11) is 0. The summed E-state index contributed by atoms with van der Waals surface area (Å²) in [5.74, 6) is 0.752. The minimum Gasteiger partial charge on any atom is -0.459 e. The zero-order valence-corrected chi connectivity index (χ0v) is 16.2. The molecule has 2 fully saturated rings. The Hall–Kier alpha value is -2.02. The Bertz CT molecular complexity index is 741. The molecule has 1 unspecified atom stereocenters. The monoisotopic (exact) mass is 372 g/mol. The standard InChI is InChI=1S/C20H28N4O3/c1-20(2)10-14(19(26)27-20)9-17(25)24-7-4-13(5-8-24)18-22-12-15-11-21-6-3-16(15)23-18/h12-14,21H,3-11H2,1-2H3. The Balaban J connectivity index is 1.32. The third-order valence-corrected chi connectivity index (χ3v) is 5.91. The highest BCUT2D eigenvalue weighted by molar-refractivity contribution is 5.84. The molecule has 0 spiro atoms. The molecule has 0 aromatic carbocycles. The summed E-state index contributed by atoms with van der Waals surface area (Å²) < 4.78 is 5.34. The van der Waals surface area contributed by atoms with Gasteiger partial charge in [0.1, 0.15) is 11.4 Å². The number of aromatic nitrogens is 2. The number of fused-ring (bicyclic) bond motifs is 1. The van der Waals surface area contributed by atoms with Crippen LogP contribution in [0.5, 0.6) is 0 Å². The molecular weight excluding hydrogens is 344 g/mol. The average Bonchev–Trinajstić information content (AvgIpc) is 2.92. The molecule has 0 bridgehead atoms.